The van der Waals surface area contributed by atoms with E-state index in [1.54, 1.807) is 6.07 Å². The van der Waals surface area contributed by atoms with Gasteiger partial charge in [0, 0.05) is 18.5 Å². The van der Waals surface area contributed by atoms with Gasteiger partial charge in [0.15, 0.2) is 5.52 Å². The SMILES string of the molecule is CCN1CCn2nc3c([N+](=O)[O-])c(Cl)ccc3c2C1. The minimum atomic E-state index is -0.457. The molecule has 0 saturated carbocycles. The number of nitro benzene ring substituents is 1. The molecule has 0 spiro atoms. The Morgan fingerprint density at radius 1 is 1.47 bits per heavy atom. The van der Waals surface area contributed by atoms with Gasteiger partial charge in [0.25, 0.3) is 0 Å². The van der Waals surface area contributed by atoms with E-state index < -0.39 is 4.92 Å². The van der Waals surface area contributed by atoms with Gasteiger partial charge in [-0.3, -0.25) is 19.7 Å². The van der Waals surface area contributed by atoms with Crippen LogP contribution in [0.4, 0.5) is 5.69 Å². The van der Waals surface area contributed by atoms with Crippen molar-refractivity contribution in [2.45, 2.75) is 20.0 Å². The third kappa shape index (κ3) is 1.87. The molecular formula is C12H13ClN4O2. The van der Waals surface area contributed by atoms with Crippen molar-refractivity contribution < 1.29 is 4.92 Å². The van der Waals surface area contributed by atoms with Crippen LogP contribution in [0.3, 0.4) is 0 Å². The summed E-state index contributed by atoms with van der Waals surface area (Å²) in [6.45, 7) is 5.51. The molecule has 2 aromatic rings. The van der Waals surface area contributed by atoms with Crippen LogP contribution in [-0.4, -0.2) is 32.7 Å². The molecule has 0 bridgehead atoms. The van der Waals surface area contributed by atoms with Gasteiger partial charge in [0.05, 0.1) is 17.2 Å². The summed E-state index contributed by atoms with van der Waals surface area (Å²) < 4.78 is 1.86. The molecule has 7 heteroatoms. The summed E-state index contributed by atoms with van der Waals surface area (Å²) >= 11 is 5.92. The van der Waals surface area contributed by atoms with Gasteiger partial charge in [-0.1, -0.05) is 18.5 Å². The Hall–Kier alpha value is -1.66. The fourth-order valence-electron chi connectivity index (χ4n) is 2.53. The summed E-state index contributed by atoms with van der Waals surface area (Å²) in [5.41, 5.74) is 1.33. The van der Waals surface area contributed by atoms with Gasteiger partial charge in [-0.25, -0.2) is 0 Å². The predicted octanol–water partition coefficient (Wildman–Crippen LogP) is 2.43. The molecule has 0 unspecified atom stereocenters. The number of benzene rings is 1. The lowest BCUT2D eigenvalue weighted by molar-refractivity contribution is -0.383. The third-order valence-electron chi connectivity index (χ3n) is 3.58. The van der Waals surface area contributed by atoms with Crippen molar-refractivity contribution in [2.75, 3.05) is 13.1 Å². The van der Waals surface area contributed by atoms with Gasteiger partial charge in [-0.2, -0.15) is 5.10 Å². The normalized spacial score (nSPS) is 15.7. The van der Waals surface area contributed by atoms with Gasteiger partial charge in [0.1, 0.15) is 5.02 Å². The maximum atomic E-state index is 11.1. The molecule has 100 valence electrons. The largest absolute Gasteiger partial charge is 0.315 e. The minimum absolute atomic E-state index is 0.0934. The highest BCUT2D eigenvalue weighted by Gasteiger charge is 2.26. The summed E-state index contributed by atoms with van der Waals surface area (Å²) in [5.74, 6) is 0. The first kappa shape index (κ1) is 12.4. The highest BCUT2D eigenvalue weighted by Crippen LogP contribution is 2.34. The minimum Gasteiger partial charge on any atom is -0.296 e. The maximum Gasteiger partial charge on any atom is 0.315 e. The lowest BCUT2D eigenvalue weighted by Gasteiger charge is -2.26. The molecule has 1 aromatic heterocycles. The number of nitrogens with zero attached hydrogens (tertiary/aromatic N) is 4. The molecule has 0 aliphatic carbocycles. The highest BCUT2D eigenvalue weighted by atomic mass is 35.5. The Kier molecular flexibility index (Phi) is 2.91. The lowest BCUT2D eigenvalue weighted by Crippen LogP contribution is -2.33. The predicted molar refractivity (Wildman–Crippen MR) is 72.3 cm³/mol. The summed E-state index contributed by atoms with van der Waals surface area (Å²) in [4.78, 5) is 13.0. The molecule has 1 aromatic carbocycles. The lowest BCUT2D eigenvalue weighted by atomic mass is 10.1. The fourth-order valence-corrected chi connectivity index (χ4v) is 2.75. The van der Waals surface area contributed by atoms with E-state index in [9.17, 15) is 10.1 Å². The Labute approximate surface area is 114 Å². The average molecular weight is 281 g/mol. The highest BCUT2D eigenvalue weighted by molar-refractivity contribution is 6.34. The van der Waals surface area contributed by atoms with E-state index in [1.807, 2.05) is 10.7 Å². The fraction of sp³-hybridized carbons (Fsp3) is 0.417. The first-order valence-electron chi connectivity index (χ1n) is 6.16. The van der Waals surface area contributed by atoms with Crippen molar-refractivity contribution in [2.24, 2.45) is 0 Å². The maximum absolute atomic E-state index is 11.1. The van der Waals surface area contributed by atoms with Gasteiger partial charge in [-0.15, -0.1) is 0 Å². The van der Waals surface area contributed by atoms with Crippen LogP contribution in [0.1, 0.15) is 12.6 Å². The molecule has 6 nitrogen and oxygen atoms in total. The van der Waals surface area contributed by atoms with Crippen molar-refractivity contribution in [1.29, 1.82) is 0 Å². The van der Waals surface area contributed by atoms with Crippen LogP contribution in [0.25, 0.3) is 10.9 Å². The molecule has 0 fully saturated rings. The smallest absolute Gasteiger partial charge is 0.296 e. The number of hydrogen-bond donors (Lipinski definition) is 0. The Morgan fingerprint density at radius 2 is 2.26 bits per heavy atom. The van der Waals surface area contributed by atoms with Crippen LogP contribution in [0, 0.1) is 10.1 Å². The molecule has 0 atom stereocenters. The Bertz CT molecular complexity index is 667. The third-order valence-corrected chi connectivity index (χ3v) is 3.88. The first-order valence-corrected chi connectivity index (χ1v) is 6.54. The second-order valence-electron chi connectivity index (χ2n) is 4.59. The number of fused-ring (bicyclic) bond motifs is 3. The van der Waals surface area contributed by atoms with Gasteiger partial charge in [0.2, 0.25) is 0 Å². The zero-order valence-corrected chi connectivity index (χ0v) is 11.2. The molecule has 1 aliphatic heterocycles. The van der Waals surface area contributed by atoms with Crippen molar-refractivity contribution in [1.82, 2.24) is 14.7 Å². The van der Waals surface area contributed by atoms with Crippen LogP contribution >= 0.6 is 11.6 Å². The summed E-state index contributed by atoms with van der Waals surface area (Å²) in [5, 5.41) is 16.5. The number of likely N-dealkylation sites (N-methyl/N-ethyl adjacent to an activating group) is 1. The van der Waals surface area contributed by atoms with E-state index >= 15 is 0 Å². The van der Waals surface area contributed by atoms with Crippen LogP contribution in [0.2, 0.25) is 5.02 Å². The van der Waals surface area contributed by atoms with Crippen LogP contribution in [0.15, 0.2) is 12.1 Å². The van der Waals surface area contributed by atoms with E-state index in [4.69, 9.17) is 11.6 Å². The zero-order valence-electron chi connectivity index (χ0n) is 10.5. The number of rotatable bonds is 2. The van der Waals surface area contributed by atoms with Crippen LogP contribution in [0.5, 0.6) is 0 Å². The van der Waals surface area contributed by atoms with Crippen LogP contribution < -0.4 is 0 Å². The number of nitro groups is 1. The van der Waals surface area contributed by atoms with Crippen molar-refractivity contribution in [3.05, 3.63) is 33.0 Å². The molecule has 19 heavy (non-hydrogen) atoms. The van der Waals surface area contributed by atoms with E-state index in [2.05, 4.69) is 16.9 Å². The van der Waals surface area contributed by atoms with Crippen LogP contribution in [-0.2, 0) is 13.1 Å². The molecule has 0 saturated heterocycles. The van der Waals surface area contributed by atoms with E-state index in [0.717, 1.165) is 37.3 Å². The molecule has 0 N–H and O–H groups in total. The number of aromatic nitrogens is 2. The molecular weight excluding hydrogens is 268 g/mol. The number of hydrogen-bond acceptors (Lipinski definition) is 4. The van der Waals surface area contributed by atoms with E-state index in [1.165, 1.54) is 0 Å². The second-order valence-corrected chi connectivity index (χ2v) is 5.00. The monoisotopic (exact) mass is 280 g/mol. The Balaban J connectivity index is 2.23. The quantitative estimate of drug-likeness (QED) is 0.626. The Morgan fingerprint density at radius 3 is 2.95 bits per heavy atom. The second kappa shape index (κ2) is 4.47. The van der Waals surface area contributed by atoms with Gasteiger partial charge >= 0.3 is 5.69 Å². The van der Waals surface area contributed by atoms with Crippen molar-refractivity contribution in [3.8, 4) is 0 Å². The zero-order chi connectivity index (χ0) is 13.6. The molecule has 2 heterocycles. The first-order chi connectivity index (χ1) is 9.11. The molecule has 3 rings (SSSR count). The van der Waals surface area contributed by atoms with Crippen molar-refractivity contribution in [3.63, 3.8) is 0 Å². The number of halogens is 1. The molecule has 1 aliphatic rings. The average Bonchev–Trinajstić information content (AvgIpc) is 2.74. The topological polar surface area (TPSA) is 64.2 Å². The summed E-state index contributed by atoms with van der Waals surface area (Å²) in [6, 6.07) is 3.40. The standard InChI is InChI=1S/C12H13ClN4O2/c1-2-15-5-6-16-10(7-15)8-3-4-9(13)12(17(18)19)11(8)14-16/h3-4H,2,5-7H2,1H3. The summed E-state index contributed by atoms with van der Waals surface area (Å²) in [6.07, 6.45) is 0. The van der Waals surface area contributed by atoms with Gasteiger partial charge < -0.3 is 0 Å². The van der Waals surface area contributed by atoms with E-state index in [-0.39, 0.29) is 10.7 Å². The summed E-state index contributed by atoms with van der Waals surface area (Å²) in [7, 11) is 0. The molecule has 0 amide bonds. The van der Waals surface area contributed by atoms with Gasteiger partial charge in [-0.05, 0) is 18.7 Å². The van der Waals surface area contributed by atoms with Crippen molar-refractivity contribution >= 4 is 28.2 Å². The van der Waals surface area contributed by atoms with E-state index in [0.29, 0.717) is 5.52 Å². The molecule has 0 radical (unpaired) electrons.